The van der Waals surface area contributed by atoms with Crippen LogP contribution in [0.1, 0.15) is 80.1 Å². The maximum absolute atomic E-state index is 14.0. The quantitative estimate of drug-likeness (QED) is 0.372. The van der Waals surface area contributed by atoms with E-state index in [9.17, 15) is 32.8 Å². The maximum atomic E-state index is 14.0. The van der Waals surface area contributed by atoms with Crippen LogP contribution in [0.25, 0.3) is 0 Å². The van der Waals surface area contributed by atoms with Crippen LogP contribution in [0.15, 0.2) is 0 Å². The average molecular weight is 557 g/mol. The molecule has 39 heavy (non-hydrogen) atoms. The minimum absolute atomic E-state index is 0.0244. The Kier molecular flexibility index (Phi) is 8.67. The van der Waals surface area contributed by atoms with Crippen molar-refractivity contribution in [1.82, 2.24) is 15.5 Å². The van der Waals surface area contributed by atoms with Crippen LogP contribution in [0.4, 0.5) is 13.6 Å². The molecule has 10 nitrogen and oxygen atoms in total. The lowest BCUT2D eigenvalue weighted by Gasteiger charge is -2.37. The molecule has 0 aromatic rings. The SMILES string of the molecule is CC(F)(F)CC(NC(=O)[C@@H]1[C@@H]2[C@H](CN1C(=O)[C@@H](NC(=O)OC(C)(C)C)C1CCCCC1)C2(C)C)C(=O)C(N)=O. The average Bonchev–Trinajstić information content (AvgIpc) is 3.14. The van der Waals surface area contributed by atoms with Gasteiger partial charge < -0.3 is 26.0 Å². The van der Waals surface area contributed by atoms with Gasteiger partial charge in [0.2, 0.25) is 23.5 Å². The summed E-state index contributed by atoms with van der Waals surface area (Å²) in [4.78, 5) is 65.5. The summed E-state index contributed by atoms with van der Waals surface area (Å²) in [5.74, 6) is -7.84. The predicted molar refractivity (Wildman–Crippen MR) is 137 cm³/mol. The number of nitrogens with zero attached hydrogens (tertiary/aromatic N) is 1. The van der Waals surface area contributed by atoms with Gasteiger partial charge in [0.15, 0.2) is 0 Å². The number of likely N-dealkylation sites (tertiary alicyclic amines) is 1. The number of hydrogen-bond acceptors (Lipinski definition) is 6. The van der Waals surface area contributed by atoms with Crippen LogP contribution in [0.2, 0.25) is 0 Å². The minimum Gasteiger partial charge on any atom is -0.444 e. The van der Waals surface area contributed by atoms with Crippen molar-refractivity contribution in [1.29, 1.82) is 0 Å². The molecule has 0 aromatic heterocycles. The first-order valence-electron chi connectivity index (χ1n) is 13.7. The molecule has 4 amide bonds. The predicted octanol–water partition coefficient (Wildman–Crippen LogP) is 2.53. The van der Waals surface area contributed by atoms with Crippen LogP contribution in [-0.4, -0.2) is 70.7 Å². The van der Waals surface area contributed by atoms with E-state index in [1.54, 1.807) is 20.8 Å². The largest absolute Gasteiger partial charge is 0.444 e. The number of Topliss-reactive ketones (excluding diaryl/α,β-unsaturated/α-hetero) is 1. The molecule has 3 fully saturated rings. The van der Waals surface area contributed by atoms with E-state index in [4.69, 9.17) is 10.5 Å². The number of carbonyl (C=O) groups excluding carboxylic acids is 5. The Morgan fingerprint density at radius 2 is 1.62 bits per heavy atom. The lowest BCUT2D eigenvalue weighted by molar-refractivity contribution is -0.145. The number of alkyl halides is 2. The van der Waals surface area contributed by atoms with E-state index < -0.39 is 65.7 Å². The summed E-state index contributed by atoms with van der Waals surface area (Å²) >= 11 is 0. The Morgan fingerprint density at radius 1 is 1.03 bits per heavy atom. The van der Waals surface area contributed by atoms with Crippen LogP contribution in [-0.2, 0) is 23.9 Å². The summed E-state index contributed by atoms with van der Waals surface area (Å²) in [5, 5.41) is 5.03. The number of hydrogen-bond donors (Lipinski definition) is 3. The first-order chi connectivity index (χ1) is 17.8. The van der Waals surface area contributed by atoms with Gasteiger partial charge >= 0.3 is 6.09 Å². The molecular weight excluding hydrogens is 514 g/mol. The third kappa shape index (κ3) is 7.25. The number of nitrogens with two attached hydrogens (primary N) is 1. The molecule has 0 aromatic carbocycles. The molecule has 1 heterocycles. The minimum atomic E-state index is -3.36. The number of ether oxygens (including phenoxy) is 1. The number of rotatable bonds is 9. The second-order valence-corrected chi connectivity index (χ2v) is 13.0. The Labute approximate surface area is 228 Å². The van der Waals surface area contributed by atoms with E-state index in [0.717, 1.165) is 32.1 Å². The summed E-state index contributed by atoms with van der Waals surface area (Å²) in [7, 11) is 0. The van der Waals surface area contributed by atoms with Crippen molar-refractivity contribution < 1.29 is 37.5 Å². The van der Waals surface area contributed by atoms with Gasteiger partial charge in [-0.3, -0.25) is 19.2 Å². The first kappa shape index (κ1) is 30.7. The van der Waals surface area contributed by atoms with E-state index in [2.05, 4.69) is 10.6 Å². The molecule has 3 aliphatic rings. The maximum Gasteiger partial charge on any atom is 0.408 e. The molecule has 220 valence electrons. The second kappa shape index (κ2) is 11.0. The van der Waals surface area contributed by atoms with Crippen molar-refractivity contribution >= 4 is 29.6 Å². The Bertz CT molecular complexity index is 999. The molecule has 12 heteroatoms. The van der Waals surface area contributed by atoms with E-state index in [1.807, 2.05) is 13.8 Å². The smallest absolute Gasteiger partial charge is 0.408 e. The number of primary amides is 1. The molecule has 0 bridgehead atoms. The zero-order chi connectivity index (χ0) is 29.5. The Balaban J connectivity index is 1.88. The molecule has 0 radical (unpaired) electrons. The number of nitrogens with one attached hydrogen (secondary N) is 2. The second-order valence-electron chi connectivity index (χ2n) is 13.0. The molecular formula is C27H42F2N4O6. The summed E-state index contributed by atoms with van der Waals surface area (Å²) in [5.41, 5.74) is 3.97. The van der Waals surface area contributed by atoms with Crippen LogP contribution in [0.3, 0.4) is 0 Å². The molecule has 1 saturated heterocycles. The number of piperidine rings is 1. The third-order valence-corrected chi connectivity index (χ3v) is 8.26. The lowest BCUT2D eigenvalue weighted by atomic mass is 9.83. The van der Waals surface area contributed by atoms with Crippen molar-refractivity contribution in [2.75, 3.05) is 6.54 Å². The number of amides is 4. The highest BCUT2D eigenvalue weighted by Crippen LogP contribution is 2.65. The van der Waals surface area contributed by atoms with Gasteiger partial charge in [0.1, 0.15) is 23.7 Å². The molecule has 4 N–H and O–H groups in total. The van der Waals surface area contributed by atoms with Gasteiger partial charge in [0.05, 0.1) is 0 Å². The highest BCUT2D eigenvalue weighted by atomic mass is 19.3. The van der Waals surface area contributed by atoms with Crippen molar-refractivity contribution in [2.24, 2.45) is 28.9 Å². The number of carbonyl (C=O) groups is 5. The van der Waals surface area contributed by atoms with E-state index >= 15 is 0 Å². The molecule has 2 aliphatic carbocycles. The number of ketones is 1. The molecule has 5 atom stereocenters. The fourth-order valence-electron chi connectivity index (χ4n) is 6.27. The van der Waals surface area contributed by atoms with Crippen molar-refractivity contribution in [2.45, 2.75) is 110 Å². The number of alkyl carbamates (subject to hydrolysis) is 1. The van der Waals surface area contributed by atoms with Crippen molar-refractivity contribution in [3.05, 3.63) is 0 Å². The van der Waals surface area contributed by atoms with Gasteiger partial charge in [-0.25, -0.2) is 13.6 Å². The van der Waals surface area contributed by atoms with Crippen molar-refractivity contribution in [3.8, 4) is 0 Å². The van der Waals surface area contributed by atoms with Gasteiger partial charge in [-0.1, -0.05) is 33.1 Å². The van der Waals surface area contributed by atoms with Crippen LogP contribution >= 0.6 is 0 Å². The summed E-state index contributed by atoms with van der Waals surface area (Å²) < 4.78 is 33.0. The highest BCUT2D eigenvalue weighted by Gasteiger charge is 2.69. The monoisotopic (exact) mass is 556 g/mol. The van der Waals surface area contributed by atoms with Gasteiger partial charge in [0, 0.05) is 13.0 Å². The molecule has 3 rings (SSSR count). The van der Waals surface area contributed by atoms with Crippen LogP contribution < -0.4 is 16.4 Å². The molecule has 2 saturated carbocycles. The molecule has 0 spiro atoms. The fraction of sp³-hybridized carbons (Fsp3) is 0.815. The van der Waals surface area contributed by atoms with Crippen LogP contribution in [0.5, 0.6) is 0 Å². The third-order valence-electron chi connectivity index (χ3n) is 8.26. The van der Waals surface area contributed by atoms with E-state index in [1.165, 1.54) is 4.90 Å². The standard InChI is InChI=1S/C27H42F2N4O6/c1-25(2,3)39-24(38)32-18(14-10-8-7-9-11-14)23(37)33-13-15-17(26(15,4)5)19(33)22(36)31-16(12-27(6,28)29)20(34)21(30)35/h14-19H,7-13H2,1-6H3,(H2,30,35)(H,31,36)(H,32,38)/t15-,16?,17-,18-,19-/m0/s1. The highest BCUT2D eigenvalue weighted by molar-refractivity contribution is 6.37. The first-order valence-corrected chi connectivity index (χ1v) is 13.7. The Morgan fingerprint density at radius 3 is 2.13 bits per heavy atom. The lowest BCUT2D eigenvalue weighted by Crippen LogP contribution is -2.60. The zero-order valence-electron chi connectivity index (χ0n) is 23.6. The number of fused-ring (bicyclic) bond motifs is 1. The number of halogens is 2. The van der Waals surface area contributed by atoms with Gasteiger partial charge in [-0.05, 0) is 63.7 Å². The van der Waals surface area contributed by atoms with Crippen LogP contribution in [0, 0.1) is 23.2 Å². The van der Waals surface area contributed by atoms with Crippen molar-refractivity contribution in [3.63, 3.8) is 0 Å². The van der Waals surface area contributed by atoms with Gasteiger partial charge in [-0.15, -0.1) is 0 Å². The topological polar surface area (TPSA) is 148 Å². The van der Waals surface area contributed by atoms with Gasteiger partial charge in [-0.2, -0.15) is 0 Å². The fourth-order valence-corrected chi connectivity index (χ4v) is 6.27. The van der Waals surface area contributed by atoms with Gasteiger partial charge in [0.25, 0.3) is 5.91 Å². The summed E-state index contributed by atoms with van der Waals surface area (Å²) in [6, 6.07) is -3.82. The summed E-state index contributed by atoms with van der Waals surface area (Å²) in [6.45, 7) is 9.86. The normalized spacial score (nSPS) is 26.2. The molecule has 1 aliphatic heterocycles. The zero-order valence-corrected chi connectivity index (χ0v) is 23.6. The Hall–Kier alpha value is -2.79. The molecule has 1 unspecified atom stereocenters. The summed E-state index contributed by atoms with van der Waals surface area (Å²) in [6.07, 6.45) is 2.40. The van der Waals surface area contributed by atoms with E-state index in [0.29, 0.717) is 6.92 Å². The van der Waals surface area contributed by atoms with E-state index in [-0.39, 0.29) is 29.7 Å².